The zero-order chi connectivity index (χ0) is 15.6. The SMILES string of the molecule is CCN(C1CCNC1)S(=O)(=O)c1ccc(C)c(C(N)=O)c1. The molecule has 1 saturated heterocycles. The van der Waals surface area contributed by atoms with Crippen molar-refractivity contribution in [2.24, 2.45) is 5.73 Å². The fourth-order valence-corrected chi connectivity index (χ4v) is 4.36. The van der Waals surface area contributed by atoms with E-state index >= 15 is 0 Å². The van der Waals surface area contributed by atoms with Gasteiger partial charge in [-0.25, -0.2) is 8.42 Å². The lowest BCUT2D eigenvalue weighted by Gasteiger charge is -2.26. The van der Waals surface area contributed by atoms with Crippen LogP contribution in [0.4, 0.5) is 0 Å². The Kier molecular flexibility index (Phi) is 4.65. The number of carbonyl (C=O) groups excluding carboxylic acids is 1. The second-order valence-corrected chi connectivity index (χ2v) is 7.09. The number of rotatable bonds is 5. The van der Waals surface area contributed by atoms with Gasteiger partial charge >= 0.3 is 0 Å². The third-order valence-corrected chi connectivity index (χ3v) is 5.86. The number of sulfonamides is 1. The summed E-state index contributed by atoms with van der Waals surface area (Å²) in [6.07, 6.45) is 0.793. The second kappa shape index (κ2) is 6.13. The first-order chi connectivity index (χ1) is 9.87. The summed E-state index contributed by atoms with van der Waals surface area (Å²) >= 11 is 0. The van der Waals surface area contributed by atoms with E-state index in [0.717, 1.165) is 13.0 Å². The Morgan fingerprint density at radius 1 is 1.48 bits per heavy atom. The number of hydrogen-bond donors (Lipinski definition) is 2. The van der Waals surface area contributed by atoms with E-state index < -0.39 is 15.9 Å². The molecule has 1 fully saturated rings. The predicted octanol–water partition coefficient (Wildman–Crippen LogP) is 0.466. The number of carbonyl (C=O) groups is 1. The maximum atomic E-state index is 12.8. The molecule has 1 heterocycles. The lowest BCUT2D eigenvalue weighted by molar-refractivity contribution is 0.0999. The number of nitrogens with two attached hydrogens (primary N) is 1. The molecule has 0 bridgehead atoms. The van der Waals surface area contributed by atoms with Gasteiger partial charge in [0.2, 0.25) is 15.9 Å². The molecule has 1 aliphatic heterocycles. The number of nitrogens with one attached hydrogen (secondary N) is 1. The van der Waals surface area contributed by atoms with E-state index in [-0.39, 0.29) is 16.5 Å². The van der Waals surface area contributed by atoms with Crippen molar-refractivity contribution >= 4 is 15.9 Å². The number of amides is 1. The van der Waals surface area contributed by atoms with Gasteiger partial charge in [0.05, 0.1) is 4.90 Å². The first-order valence-electron chi connectivity index (χ1n) is 7.01. The third-order valence-electron chi connectivity index (χ3n) is 3.83. The van der Waals surface area contributed by atoms with Crippen molar-refractivity contribution < 1.29 is 13.2 Å². The van der Waals surface area contributed by atoms with Gasteiger partial charge in [-0.3, -0.25) is 4.79 Å². The topological polar surface area (TPSA) is 92.5 Å². The van der Waals surface area contributed by atoms with Gasteiger partial charge in [0.25, 0.3) is 0 Å². The average Bonchev–Trinajstić information content (AvgIpc) is 2.93. The monoisotopic (exact) mass is 311 g/mol. The predicted molar refractivity (Wildman–Crippen MR) is 80.5 cm³/mol. The Morgan fingerprint density at radius 2 is 2.19 bits per heavy atom. The second-order valence-electron chi connectivity index (χ2n) is 5.20. The number of primary amides is 1. The van der Waals surface area contributed by atoms with Crippen LogP contribution < -0.4 is 11.1 Å². The van der Waals surface area contributed by atoms with Gasteiger partial charge in [-0.2, -0.15) is 4.31 Å². The third kappa shape index (κ3) is 3.09. The molecule has 1 aromatic carbocycles. The van der Waals surface area contributed by atoms with Gasteiger partial charge in [0.15, 0.2) is 0 Å². The molecule has 0 spiro atoms. The minimum absolute atomic E-state index is 0.0432. The first kappa shape index (κ1) is 15.9. The van der Waals surface area contributed by atoms with E-state index in [0.29, 0.717) is 18.7 Å². The normalized spacial score (nSPS) is 19.1. The maximum absolute atomic E-state index is 12.8. The van der Waals surface area contributed by atoms with Crippen molar-refractivity contribution in [1.29, 1.82) is 0 Å². The lowest BCUT2D eigenvalue weighted by Crippen LogP contribution is -2.41. The van der Waals surface area contributed by atoms with E-state index in [1.807, 2.05) is 6.92 Å². The van der Waals surface area contributed by atoms with Crippen molar-refractivity contribution in [2.75, 3.05) is 19.6 Å². The molecule has 3 N–H and O–H groups in total. The first-order valence-corrected chi connectivity index (χ1v) is 8.45. The van der Waals surface area contributed by atoms with Crippen molar-refractivity contribution in [1.82, 2.24) is 9.62 Å². The standard InChI is InChI=1S/C14H21N3O3S/c1-3-17(11-6-7-16-9-11)21(19,20)12-5-4-10(2)13(8-12)14(15)18/h4-5,8,11,16H,3,6-7,9H2,1-2H3,(H2,15,18). The van der Waals surface area contributed by atoms with Crippen LogP contribution in [0.3, 0.4) is 0 Å². The Balaban J connectivity index is 2.42. The molecule has 21 heavy (non-hydrogen) atoms. The molecule has 2 rings (SSSR count). The molecule has 1 aliphatic rings. The van der Waals surface area contributed by atoms with E-state index in [4.69, 9.17) is 5.73 Å². The zero-order valence-electron chi connectivity index (χ0n) is 12.3. The fourth-order valence-electron chi connectivity index (χ4n) is 2.67. The average molecular weight is 311 g/mol. The molecular weight excluding hydrogens is 290 g/mol. The van der Waals surface area contributed by atoms with Crippen molar-refractivity contribution in [3.05, 3.63) is 29.3 Å². The van der Waals surface area contributed by atoms with Crippen molar-refractivity contribution in [3.63, 3.8) is 0 Å². The molecule has 1 atom stereocenters. The van der Waals surface area contributed by atoms with Gasteiger partial charge in [0, 0.05) is 24.7 Å². The summed E-state index contributed by atoms with van der Waals surface area (Å²) in [6, 6.07) is 4.48. The lowest BCUT2D eigenvalue weighted by atomic mass is 10.1. The van der Waals surface area contributed by atoms with Crippen LogP contribution in [0.25, 0.3) is 0 Å². The number of aryl methyl sites for hydroxylation is 1. The number of benzene rings is 1. The van der Waals surface area contributed by atoms with Crippen LogP contribution in [-0.4, -0.2) is 44.3 Å². The van der Waals surface area contributed by atoms with E-state index in [2.05, 4.69) is 5.32 Å². The van der Waals surface area contributed by atoms with Crippen molar-refractivity contribution in [2.45, 2.75) is 31.2 Å². The van der Waals surface area contributed by atoms with Gasteiger partial charge < -0.3 is 11.1 Å². The van der Waals surface area contributed by atoms with Gasteiger partial charge in [0.1, 0.15) is 0 Å². The summed E-state index contributed by atoms with van der Waals surface area (Å²) in [7, 11) is -3.62. The van der Waals surface area contributed by atoms with E-state index in [1.54, 1.807) is 13.0 Å². The summed E-state index contributed by atoms with van der Waals surface area (Å²) in [5.74, 6) is -0.616. The van der Waals surface area contributed by atoms with Crippen LogP contribution in [-0.2, 0) is 10.0 Å². The number of likely N-dealkylation sites (N-methyl/N-ethyl adjacent to an activating group) is 1. The molecule has 0 aromatic heterocycles. The summed E-state index contributed by atoms with van der Waals surface area (Å²) < 4.78 is 27.1. The van der Waals surface area contributed by atoms with E-state index in [1.165, 1.54) is 16.4 Å². The Morgan fingerprint density at radius 3 is 2.71 bits per heavy atom. The van der Waals surface area contributed by atoms with Gasteiger partial charge in [-0.1, -0.05) is 13.0 Å². The Bertz CT molecular complexity index is 637. The highest BCUT2D eigenvalue weighted by atomic mass is 32.2. The van der Waals surface area contributed by atoms with Gasteiger partial charge in [-0.05, 0) is 37.6 Å². The van der Waals surface area contributed by atoms with Crippen LogP contribution in [0.1, 0.15) is 29.3 Å². The largest absolute Gasteiger partial charge is 0.366 e. The van der Waals surface area contributed by atoms with Gasteiger partial charge in [-0.15, -0.1) is 0 Å². The summed E-state index contributed by atoms with van der Waals surface area (Å²) in [5.41, 5.74) is 6.22. The Labute approximate surface area is 125 Å². The molecule has 1 amide bonds. The number of nitrogens with zero attached hydrogens (tertiary/aromatic N) is 1. The highest BCUT2D eigenvalue weighted by molar-refractivity contribution is 7.89. The molecule has 0 radical (unpaired) electrons. The molecular formula is C14H21N3O3S. The molecule has 116 valence electrons. The highest BCUT2D eigenvalue weighted by Gasteiger charge is 2.32. The van der Waals surface area contributed by atoms with Crippen molar-refractivity contribution in [3.8, 4) is 0 Å². The van der Waals surface area contributed by atoms with Crippen LogP contribution >= 0.6 is 0 Å². The minimum Gasteiger partial charge on any atom is -0.366 e. The van der Waals surface area contributed by atoms with Crippen LogP contribution in [0.15, 0.2) is 23.1 Å². The summed E-state index contributed by atoms with van der Waals surface area (Å²) in [5, 5.41) is 3.17. The highest BCUT2D eigenvalue weighted by Crippen LogP contribution is 2.23. The summed E-state index contributed by atoms with van der Waals surface area (Å²) in [6.45, 7) is 5.42. The summed E-state index contributed by atoms with van der Waals surface area (Å²) in [4.78, 5) is 11.5. The molecule has 1 aromatic rings. The molecule has 6 nitrogen and oxygen atoms in total. The minimum atomic E-state index is -3.62. The van der Waals surface area contributed by atoms with Crippen LogP contribution in [0.5, 0.6) is 0 Å². The molecule has 7 heteroatoms. The quantitative estimate of drug-likeness (QED) is 0.826. The van der Waals surface area contributed by atoms with E-state index in [9.17, 15) is 13.2 Å². The maximum Gasteiger partial charge on any atom is 0.249 e. The molecule has 1 unspecified atom stereocenters. The fraction of sp³-hybridized carbons (Fsp3) is 0.500. The van der Waals surface area contributed by atoms with Crippen LogP contribution in [0.2, 0.25) is 0 Å². The van der Waals surface area contributed by atoms with Crippen LogP contribution in [0, 0.1) is 6.92 Å². The smallest absolute Gasteiger partial charge is 0.249 e. The number of hydrogen-bond acceptors (Lipinski definition) is 4. The zero-order valence-corrected chi connectivity index (χ0v) is 13.1. The Hall–Kier alpha value is -1.44. The molecule has 0 aliphatic carbocycles. The molecule has 0 saturated carbocycles.